The maximum absolute atomic E-state index is 13.4. The van der Waals surface area contributed by atoms with E-state index in [0.29, 0.717) is 41.7 Å². The first-order chi connectivity index (χ1) is 18.6. The lowest BCUT2D eigenvalue weighted by molar-refractivity contribution is -0.114. The Morgan fingerprint density at radius 2 is 1.72 bits per heavy atom. The number of rotatable bonds is 8. The van der Waals surface area contributed by atoms with Crippen LogP contribution in [0.1, 0.15) is 29.9 Å². The Bertz CT molecular complexity index is 1470. The molecule has 1 saturated heterocycles. The van der Waals surface area contributed by atoms with Gasteiger partial charge in [0.25, 0.3) is 0 Å². The van der Waals surface area contributed by atoms with Crippen LogP contribution in [0.4, 0.5) is 11.6 Å². The van der Waals surface area contributed by atoms with Gasteiger partial charge >= 0.3 is 5.97 Å². The first-order valence-corrected chi connectivity index (χ1v) is 13.9. The number of ether oxygens (including phenoxy) is 2. The predicted molar refractivity (Wildman–Crippen MR) is 146 cm³/mol. The summed E-state index contributed by atoms with van der Waals surface area (Å²) in [6.07, 6.45) is 0. The maximum Gasteiger partial charge on any atom is 0.342 e. The summed E-state index contributed by atoms with van der Waals surface area (Å²) in [5.41, 5.74) is 2.41. The predicted octanol–water partition coefficient (Wildman–Crippen LogP) is 3.11. The molecule has 1 amide bonds. The lowest BCUT2D eigenvalue weighted by Crippen LogP contribution is -2.49. The Balaban J connectivity index is 1.58. The van der Waals surface area contributed by atoms with Crippen molar-refractivity contribution < 1.29 is 27.5 Å². The van der Waals surface area contributed by atoms with Crippen molar-refractivity contribution in [2.45, 2.75) is 25.7 Å². The second-order valence-electron chi connectivity index (χ2n) is 8.85. The average molecular weight is 554 g/mol. The number of carbonyl (C=O) groups excluding carboxylic acids is 2. The second-order valence-corrected chi connectivity index (χ2v) is 10.8. The fraction of sp³-hybridized carbons (Fsp3) is 0.333. The molecule has 1 aliphatic rings. The molecule has 0 bridgehead atoms. The minimum Gasteiger partial charge on any atom is -0.495 e. The number of nitrogens with one attached hydrogen (secondary N) is 1. The molecule has 0 saturated carbocycles. The second kappa shape index (κ2) is 11.8. The van der Waals surface area contributed by atoms with Crippen LogP contribution >= 0.6 is 0 Å². The van der Waals surface area contributed by atoms with Gasteiger partial charge in [-0.05, 0) is 26.0 Å². The number of nitrogens with zero attached hydrogens (tertiary/aromatic N) is 4. The van der Waals surface area contributed by atoms with Gasteiger partial charge in [-0.25, -0.2) is 23.2 Å². The van der Waals surface area contributed by atoms with Gasteiger partial charge in [0, 0.05) is 44.7 Å². The van der Waals surface area contributed by atoms with E-state index < -0.39 is 16.0 Å². The van der Waals surface area contributed by atoms with Crippen LogP contribution in [0.5, 0.6) is 5.75 Å². The van der Waals surface area contributed by atoms with Gasteiger partial charge in [0.05, 0.1) is 35.7 Å². The van der Waals surface area contributed by atoms with Crippen molar-refractivity contribution in [2.24, 2.45) is 0 Å². The summed E-state index contributed by atoms with van der Waals surface area (Å²) >= 11 is 0. The summed E-state index contributed by atoms with van der Waals surface area (Å²) in [5.74, 6) is -0.110. The van der Waals surface area contributed by atoms with Gasteiger partial charge in [-0.3, -0.25) is 4.79 Å². The number of benzene rings is 2. The van der Waals surface area contributed by atoms with E-state index in [1.807, 2.05) is 35.2 Å². The highest BCUT2D eigenvalue weighted by Gasteiger charge is 2.31. The maximum atomic E-state index is 13.4. The van der Waals surface area contributed by atoms with Crippen LogP contribution < -0.4 is 15.0 Å². The lowest BCUT2D eigenvalue weighted by atomic mass is 10.0. The Morgan fingerprint density at radius 1 is 1.03 bits per heavy atom. The van der Waals surface area contributed by atoms with Gasteiger partial charge in [-0.1, -0.05) is 30.3 Å². The molecular weight excluding hydrogens is 522 g/mol. The molecule has 1 N–H and O–H groups in total. The van der Waals surface area contributed by atoms with Crippen molar-refractivity contribution in [3.05, 3.63) is 59.8 Å². The van der Waals surface area contributed by atoms with Gasteiger partial charge in [0.15, 0.2) is 0 Å². The van der Waals surface area contributed by atoms with Crippen LogP contribution in [0, 0.1) is 6.92 Å². The molecule has 0 spiro atoms. The Morgan fingerprint density at radius 3 is 2.33 bits per heavy atom. The van der Waals surface area contributed by atoms with Crippen LogP contribution in [-0.2, 0) is 19.6 Å². The number of hydrogen-bond acceptors (Lipinski definition) is 9. The number of amides is 1. The molecule has 0 unspecified atom stereocenters. The number of piperazine rings is 1. The highest BCUT2D eigenvalue weighted by atomic mass is 32.2. The highest BCUT2D eigenvalue weighted by molar-refractivity contribution is 7.89. The summed E-state index contributed by atoms with van der Waals surface area (Å²) in [6.45, 7) is 6.20. The third-order valence-corrected chi connectivity index (χ3v) is 8.14. The summed E-state index contributed by atoms with van der Waals surface area (Å²) < 4.78 is 38.7. The lowest BCUT2D eigenvalue weighted by Gasteiger charge is -2.34. The monoisotopic (exact) mass is 553 g/mol. The highest BCUT2D eigenvalue weighted by Crippen LogP contribution is 2.31. The molecule has 39 heavy (non-hydrogen) atoms. The molecular formula is C27H31N5O6S. The fourth-order valence-corrected chi connectivity index (χ4v) is 5.79. The minimum atomic E-state index is -3.82. The number of anilines is 2. The van der Waals surface area contributed by atoms with Gasteiger partial charge in [0.1, 0.15) is 11.3 Å². The first-order valence-electron chi connectivity index (χ1n) is 12.5. The van der Waals surface area contributed by atoms with Crippen molar-refractivity contribution in [2.75, 3.05) is 50.1 Å². The van der Waals surface area contributed by atoms with Crippen LogP contribution in [0.15, 0.2) is 53.4 Å². The average Bonchev–Trinajstić information content (AvgIpc) is 2.93. The van der Waals surface area contributed by atoms with E-state index in [-0.39, 0.29) is 36.2 Å². The van der Waals surface area contributed by atoms with Crippen LogP contribution in [0.3, 0.4) is 0 Å². The van der Waals surface area contributed by atoms with E-state index in [1.54, 1.807) is 13.8 Å². The van der Waals surface area contributed by atoms with Gasteiger partial charge in [-0.15, -0.1) is 0 Å². The molecule has 0 atom stereocenters. The molecule has 0 aliphatic carbocycles. The normalized spacial score (nSPS) is 14.1. The molecule has 1 fully saturated rings. The van der Waals surface area contributed by atoms with Crippen molar-refractivity contribution >= 4 is 33.5 Å². The molecule has 3 aromatic rings. The largest absolute Gasteiger partial charge is 0.495 e. The first kappa shape index (κ1) is 28.0. The Labute approximate surface area is 227 Å². The third-order valence-electron chi connectivity index (χ3n) is 6.25. The Hall–Kier alpha value is -4.03. The molecule has 1 aromatic heterocycles. The van der Waals surface area contributed by atoms with Crippen LogP contribution in [0.25, 0.3) is 11.3 Å². The summed E-state index contributed by atoms with van der Waals surface area (Å²) in [7, 11) is -2.41. The Kier molecular flexibility index (Phi) is 8.46. The number of sulfonamides is 1. The zero-order valence-electron chi connectivity index (χ0n) is 22.3. The van der Waals surface area contributed by atoms with Crippen molar-refractivity contribution in [1.29, 1.82) is 0 Å². The topological polar surface area (TPSA) is 131 Å². The SMILES string of the molecule is CCOC(=O)c1c(C)nc(N2CCN(S(=O)(=O)c3ccc(NC(C)=O)c(OC)c3)CC2)nc1-c1ccccc1. The van der Waals surface area contributed by atoms with Gasteiger partial charge < -0.3 is 19.7 Å². The zero-order chi connectivity index (χ0) is 28.2. The van der Waals surface area contributed by atoms with Crippen molar-refractivity contribution in [3.63, 3.8) is 0 Å². The van der Waals surface area contributed by atoms with Crippen LogP contribution in [-0.4, -0.2) is 74.5 Å². The van der Waals surface area contributed by atoms with E-state index in [4.69, 9.17) is 14.5 Å². The van der Waals surface area contributed by atoms with Gasteiger partial charge in [-0.2, -0.15) is 4.31 Å². The molecule has 0 radical (unpaired) electrons. The summed E-state index contributed by atoms with van der Waals surface area (Å²) in [5, 5.41) is 2.62. The number of esters is 1. The van der Waals surface area contributed by atoms with Crippen molar-refractivity contribution in [1.82, 2.24) is 14.3 Å². The fourth-order valence-electron chi connectivity index (χ4n) is 4.35. The quantitative estimate of drug-likeness (QED) is 0.418. The van der Waals surface area contributed by atoms with E-state index >= 15 is 0 Å². The van der Waals surface area contributed by atoms with E-state index in [1.165, 1.54) is 36.5 Å². The van der Waals surface area contributed by atoms with Crippen molar-refractivity contribution in [3.8, 4) is 17.0 Å². The molecule has 2 aromatic carbocycles. The number of hydrogen-bond donors (Lipinski definition) is 1. The number of aryl methyl sites for hydroxylation is 1. The smallest absolute Gasteiger partial charge is 0.342 e. The molecule has 1 aliphatic heterocycles. The van der Waals surface area contributed by atoms with Crippen LogP contribution in [0.2, 0.25) is 0 Å². The van der Waals surface area contributed by atoms with E-state index in [0.717, 1.165) is 5.56 Å². The molecule has 11 nitrogen and oxygen atoms in total. The number of methoxy groups -OCH3 is 1. The molecule has 2 heterocycles. The van der Waals surface area contributed by atoms with E-state index in [9.17, 15) is 18.0 Å². The molecule has 4 rings (SSSR count). The number of carbonyl (C=O) groups is 2. The number of aromatic nitrogens is 2. The third kappa shape index (κ3) is 6.02. The van der Waals surface area contributed by atoms with E-state index in [2.05, 4.69) is 10.3 Å². The molecule has 206 valence electrons. The molecule has 12 heteroatoms. The summed E-state index contributed by atoms with van der Waals surface area (Å²) in [4.78, 5) is 35.4. The standard InChI is InChI=1S/C27H31N5O6S/c1-5-38-26(34)24-18(2)28-27(30-25(24)20-9-7-6-8-10-20)31-13-15-32(16-14-31)39(35,36)21-11-12-22(29-19(3)33)23(17-21)37-4/h6-12,17H,5,13-16H2,1-4H3,(H,29,33). The zero-order valence-corrected chi connectivity index (χ0v) is 23.1. The minimum absolute atomic E-state index is 0.0687. The van der Waals surface area contributed by atoms with Gasteiger partial charge in [0.2, 0.25) is 21.9 Å². The summed E-state index contributed by atoms with van der Waals surface area (Å²) in [6, 6.07) is 13.7.